The Labute approximate surface area is 120 Å². The van der Waals surface area contributed by atoms with Crippen molar-refractivity contribution in [3.8, 4) is 5.69 Å². The van der Waals surface area contributed by atoms with E-state index in [1.54, 1.807) is 6.20 Å². The number of nitrogens with zero attached hydrogens (tertiary/aromatic N) is 3. The first-order valence-electron chi connectivity index (χ1n) is 7.27. The van der Waals surface area contributed by atoms with Crippen molar-refractivity contribution in [2.75, 3.05) is 13.1 Å². The van der Waals surface area contributed by atoms with Crippen LogP contribution in [0.3, 0.4) is 0 Å². The van der Waals surface area contributed by atoms with E-state index in [0.29, 0.717) is 12.0 Å². The molecule has 2 aromatic rings. The Morgan fingerprint density at radius 3 is 2.70 bits per heavy atom. The minimum absolute atomic E-state index is 0.636. The van der Waals surface area contributed by atoms with E-state index in [1.807, 2.05) is 17.1 Å². The molecule has 1 aliphatic heterocycles. The predicted octanol–water partition coefficient (Wildman–Crippen LogP) is 2.04. The summed E-state index contributed by atoms with van der Waals surface area (Å²) in [5, 5.41) is 0. The van der Waals surface area contributed by atoms with Gasteiger partial charge in [-0.15, -0.1) is 0 Å². The summed E-state index contributed by atoms with van der Waals surface area (Å²) in [6, 6.07) is 9.35. The maximum Gasteiger partial charge on any atom is 0.0991 e. The van der Waals surface area contributed by atoms with Crippen LogP contribution in [0, 0.1) is 5.92 Å². The summed E-state index contributed by atoms with van der Waals surface area (Å²) in [5.74, 6) is 0.662. The molecule has 0 bridgehead atoms. The van der Waals surface area contributed by atoms with Gasteiger partial charge in [-0.1, -0.05) is 12.1 Å². The number of aromatic nitrogens is 2. The summed E-state index contributed by atoms with van der Waals surface area (Å²) in [6.07, 6.45) is 6.81. The number of imidazole rings is 1. The van der Waals surface area contributed by atoms with Crippen LogP contribution in [-0.2, 0) is 6.54 Å². The Hall–Kier alpha value is -1.65. The topological polar surface area (TPSA) is 47.1 Å². The van der Waals surface area contributed by atoms with E-state index in [0.717, 1.165) is 25.3 Å². The van der Waals surface area contributed by atoms with Gasteiger partial charge >= 0.3 is 0 Å². The number of nitrogens with two attached hydrogens (primary N) is 1. The lowest BCUT2D eigenvalue weighted by Crippen LogP contribution is -2.27. The van der Waals surface area contributed by atoms with Gasteiger partial charge in [0.05, 0.1) is 6.33 Å². The van der Waals surface area contributed by atoms with Crippen molar-refractivity contribution in [1.29, 1.82) is 0 Å². The van der Waals surface area contributed by atoms with Crippen LogP contribution >= 0.6 is 0 Å². The van der Waals surface area contributed by atoms with Crippen molar-refractivity contribution in [3.05, 3.63) is 48.5 Å². The predicted molar refractivity (Wildman–Crippen MR) is 80.6 cm³/mol. The van der Waals surface area contributed by atoms with Crippen molar-refractivity contribution in [1.82, 2.24) is 14.5 Å². The third-order valence-corrected chi connectivity index (χ3v) is 4.25. The van der Waals surface area contributed by atoms with Gasteiger partial charge < -0.3 is 10.3 Å². The van der Waals surface area contributed by atoms with Crippen molar-refractivity contribution in [2.24, 2.45) is 11.7 Å². The molecule has 1 saturated heterocycles. The van der Waals surface area contributed by atoms with Gasteiger partial charge in [0.2, 0.25) is 0 Å². The Morgan fingerprint density at radius 2 is 2.10 bits per heavy atom. The molecule has 2 heterocycles. The number of hydrogen-bond acceptors (Lipinski definition) is 3. The monoisotopic (exact) mass is 270 g/mol. The maximum atomic E-state index is 5.79. The van der Waals surface area contributed by atoms with Gasteiger partial charge in [-0.3, -0.25) is 4.90 Å². The normalized spacial score (nSPS) is 23.3. The fourth-order valence-corrected chi connectivity index (χ4v) is 3.03. The van der Waals surface area contributed by atoms with E-state index >= 15 is 0 Å². The lowest BCUT2D eigenvalue weighted by atomic mass is 10.1. The van der Waals surface area contributed by atoms with Gasteiger partial charge in [-0.25, -0.2) is 4.98 Å². The average Bonchev–Trinajstić information content (AvgIpc) is 3.10. The smallest absolute Gasteiger partial charge is 0.0991 e. The van der Waals surface area contributed by atoms with Crippen LogP contribution < -0.4 is 5.73 Å². The maximum absolute atomic E-state index is 5.79. The largest absolute Gasteiger partial charge is 0.330 e. The molecule has 2 atom stereocenters. The zero-order valence-corrected chi connectivity index (χ0v) is 11.9. The molecule has 0 saturated carbocycles. The van der Waals surface area contributed by atoms with Gasteiger partial charge in [-0.05, 0) is 43.5 Å². The van der Waals surface area contributed by atoms with Crippen LogP contribution in [0.1, 0.15) is 18.9 Å². The van der Waals surface area contributed by atoms with E-state index < -0.39 is 0 Å². The molecule has 20 heavy (non-hydrogen) atoms. The zero-order chi connectivity index (χ0) is 13.9. The van der Waals surface area contributed by atoms with Crippen LogP contribution in [-0.4, -0.2) is 33.6 Å². The second-order valence-electron chi connectivity index (χ2n) is 5.75. The van der Waals surface area contributed by atoms with E-state index in [9.17, 15) is 0 Å². The molecule has 0 aliphatic carbocycles. The summed E-state index contributed by atoms with van der Waals surface area (Å²) in [4.78, 5) is 6.61. The molecule has 4 nitrogen and oxygen atoms in total. The van der Waals surface area contributed by atoms with Gasteiger partial charge in [-0.2, -0.15) is 0 Å². The van der Waals surface area contributed by atoms with E-state index in [4.69, 9.17) is 5.73 Å². The van der Waals surface area contributed by atoms with Crippen molar-refractivity contribution >= 4 is 0 Å². The molecule has 1 aliphatic rings. The molecule has 106 valence electrons. The molecule has 1 aromatic heterocycles. The quantitative estimate of drug-likeness (QED) is 0.925. The highest BCUT2D eigenvalue weighted by Gasteiger charge is 2.27. The molecular weight excluding hydrogens is 248 g/mol. The Kier molecular flexibility index (Phi) is 3.85. The fraction of sp³-hybridized carbons (Fsp3) is 0.438. The first-order chi connectivity index (χ1) is 9.76. The Bertz CT molecular complexity index is 532. The number of hydrogen-bond donors (Lipinski definition) is 1. The second kappa shape index (κ2) is 5.77. The average molecular weight is 270 g/mol. The first-order valence-corrected chi connectivity index (χ1v) is 7.27. The molecule has 0 spiro atoms. The molecular formula is C16H22N4. The fourth-order valence-electron chi connectivity index (χ4n) is 3.03. The van der Waals surface area contributed by atoms with Crippen LogP contribution in [0.15, 0.2) is 43.0 Å². The summed E-state index contributed by atoms with van der Waals surface area (Å²) in [6.45, 7) is 5.25. The van der Waals surface area contributed by atoms with Crippen LogP contribution in [0.4, 0.5) is 0 Å². The number of likely N-dealkylation sites (tertiary alicyclic amines) is 1. The lowest BCUT2D eigenvalue weighted by Gasteiger charge is -2.21. The highest BCUT2D eigenvalue weighted by molar-refractivity contribution is 5.34. The molecule has 0 amide bonds. The van der Waals surface area contributed by atoms with Crippen LogP contribution in [0.25, 0.3) is 5.69 Å². The van der Waals surface area contributed by atoms with Crippen molar-refractivity contribution in [3.63, 3.8) is 0 Å². The number of rotatable bonds is 4. The summed E-state index contributed by atoms with van der Waals surface area (Å²) in [7, 11) is 0. The molecule has 1 aromatic carbocycles. The van der Waals surface area contributed by atoms with Crippen molar-refractivity contribution in [2.45, 2.75) is 25.9 Å². The van der Waals surface area contributed by atoms with Gasteiger partial charge in [0, 0.05) is 37.2 Å². The Balaban J connectivity index is 1.67. The van der Waals surface area contributed by atoms with Gasteiger partial charge in [0.25, 0.3) is 0 Å². The molecule has 2 unspecified atom stereocenters. The van der Waals surface area contributed by atoms with E-state index in [1.165, 1.54) is 12.0 Å². The lowest BCUT2D eigenvalue weighted by molar-refractivity contribution is 0.256. The summed E-state index contributed by atoms with van der Waals surface area (Å²) >= 11 is 0. The minimum atomic E-state index is 0.636. The van der Waals surface area contributed by atoms with Crippen LogP contribution in [0.2, 0.25) is 0 Å². The number of benzene rings is 1. The Morgan fingerprint density at radius 1 is 1.30 bits per heavy atom. The first kappa shape index (κ1) is 13.3. The zero-order valence-electron chi connectivity index (χ0n) is 11.9. The summed E-state index contributed by atoms with van der Waals surface area (Å²) < 4.78 is 2.02. The third-order valence-electron chi connectivity index (χ3n) is 4.25. The molecule has 0 radical (unpaired) electrons. The van der Waals surface area contributed by atoms with E-state index in [2.05, 4.69) is 41.1 Å². The van der Waals surface area contributed by atoms with Gasteiger partial charge in [0.15, 0.2) is 0 Å². The molecule has 1 fully saturated rings. The highest BCUT2D eigenvalue weighted by Crippen LogP contribution is 2.24. The second-order valence-corrected chi connectivity index (χ2v) is 5.75. The SMILES string of the molecule is CC1CC(CN)CN1Cc1ccc(-n2ccnc2)cc1. The minimum Gasteiger partial charge on any atom is -0.330 e. The van der Waals surface area contributed by atoms with Gasteiger partial charge in [0.1, 0.15) is 0 Å². The molecule has 3 rings (SSSR count). The molecule has 4 heteroatoms. The van der Waals surface area contributed by atoms with Crippen molar-refractivity contribution < 1.29 is 0 Å². The summed E-state index contributed by atoms with van der Waals surface area (Å²) in [5.41, 5.74) is 8.30. The van der Waals surface area contributed by atoms with E-state index in [-0.39, 0.29) is 0 Å². The molecule has 2 N–H and O–H groups in total. The standard InChI is InChI=1S/C16H22N4/c1-13-8-15(9-17)11-20(13)10-14-2-4-16(5-3-14)19-7-6-18-12-19/h2-7,12-13,15H,8-11,17H2,1H3. The third kappa shape index (κ3) is 2.76. The van der Waals surface area contributed by atoms with Crippen LogP contribution in [0.5, 0.6) is 0 Å². The highest BCUT2D eigenvalue weighted by atomic mass is 15.2.